The van der Waals surface area contributed by atoms with Gasteiger partial charge in [0.2, 0.25) is 5.91 Å². The Kier molecular flexibility index (Phi) is 6.43. The summed E-state index contributed by atoms with van der Waals surface area (Å²) in [5, 5.41) is 19.4. The van der Waals surface area contributed by atoms with Crippen molar-refractivity contribution in [1.29, 1.82) is 0 Å². The smallest absolute Gasteiger partial charge is 0.326 e. The van der Waals surface area contributed by atoms with Gasteiger partial charge in [-0.3, -0.25) is 9.59 Å². The van der Waals surface area contributed by atoms with Gasteiger partial charge in [-0.15, -0.1) is 0 Å². The van der Waals surface area contributed by atoms with Gasteiger partial charge in [0.1, 0.15) is 17.7 Å². The Labute approximate surface area is 124 Å². The Bertz CT molecular complexity index is 576. The summed E-state index contributed by atoms with van der Waals surface area (Å²) < 4.78 is 26.3. The van der Waals surface area contributed by atoms with Gasteiger partial charge in [-0.05, 0) is 36.6 Å². The summed E-state index contributed by atoms with van der Waals surface area (Å²) in [5.41, 5.74) is 0.119. The molecule has 120 valence electrons. The van der Waals surface area contributed by atoms with E-state index in [0.29, 0.717) is 0 Å². The Hall–Kier alpha value is -2.51. The number of amides is 1. The zero-order chi connectivity index (χ0) is 16.7. The van der Waals surface area contributed by atoms with Crippen LogP contribution in [0.15, 0.2) is 18.2 Å². The minimum atomic E-state index is -1.52. The van der Waals surface area contributed by atoms with Crippen LogP contribution in [0, 0.1) is 11.6 Å². The molecule has 0 aliphatic heterocycles. The van der Waals surface area contributed by atoms with Crippen LogP contribution in [0.4, 0.5) is 8.78 Å². The maximum absolute atomic E-state index is 13.3. The van der Waals surface area contributed by atoms with Crippen LogP contribution in [-0.4, -0.2) is 34.1 Å². The van der Waals surface area contributed by atoms with E-state index < -0.39 is 41.9 Å². The fourth-order valence-electron chi connectivity index (χ4n) is 1.82. The number of nitrogens with one attached hydrogen (secondary N) is 1. The number of carbonyl (C=O) groups excluding carboxylic acids is 1. The lowest BCUT2D eigenvalue weighted by atomic mass is 10.1. The minimum absolute atomic E-state index is 0.105. The summed E-state index contributed by atoms with van der Waals surface area (Å²) in [6.45, 7) is 0. The molecule has 0 radical (unpaired) electrons. The summed E-state index contributed by atoms with van der Waals surface area (Å²) in [5.74, 6) is -4.64. The van der Waals surface area contributed by atoms with Crippen molar-refractivity contribution < 1.29 is 33.4 Å². The molecule has 8 heteroatoms. The fraction of sp³-hybridized carbons (Fsp3) is 0.357. The average Bonchev–Trinajstić information content (AvgIpc) is 2.41. The molecule has 0 aliphatic carbocycles. The molecule has 1 atom stereocenters. The molecule has 1 aromatic rings. The van der Waals surface area contributed by atoms with Gasteiger partial charge < -0.3 is 15.5 Å². The molecule has 0 aromatic heterocycles. The molecule has 0 spiro atoms. The van der Waals surface area contributed by atoms with Crippen molar-refractivity contribution in [2.24, 2.45) is 0 Å². The van der Waals surface area contributed by atoms with E-state index in [-0.39, 0.29) is 24.8 Å². The van der Waals surface area contributed by atoms with Crippen molar-refractivity contribution >= 4 is 17.8 Å². The highest BCUT2D eigenvalue weighted by molar-refractivity contribution is 5.86. The van der Waals surface area contributed by atoms with E-state index in [4.69, 9.17) is 10.2 Å². The topological polar surface area (TPSA) is 104 Å². The third-order valence-corrected chi connectivity index (χ3v) is 2.87. The van der Waals surface area contributed by atoms with Crippen molar-refractivity contribution in [3.8, 4) is 0 Å². The molecule has 1 unspecified atom stereocenters. The molecule has 0 saturated carbocycles. The lowest BCUT2D eigenvalue weighted by Gasteiger charge is -2.12. The third-order valence-electron chi connectivity index (χ3n) is 2.87. The summed E-state index contributed by atoms with van der Waals surface area (Å²) in [6.07, 6.45) is -0.585. The number of hydrogen-bond donors (Lipinski definition) is 3. The monoisotopic (exact) mass is 315 g/mol. The van der Waals surface area contributed by atoms with Crippen molar-refractivity contribution in [3.05, 3.63) is 35.4 Å². The van der Waals surface area contributed by atoms with Gasteiger partial charge in [0.15, 0.2) is 0 Å². The second-order valence-corrected chi connectivity index (χ2v) is 4.65. The lowest BCUT2D eigenvalue weighted by Crippen LogP contribution is -2.42. The van der Waals surface area contributed by atoms with Gasteiger partial charge in [-0.1, -0.05) is 0 Å². The van der Waals surface area contributed by atoms with Gasteiger partial charge in [-0.25, -0.2) is 13.6 Å². The first-order chi connectivity index (χ1) is 10.3. The summed E-state index contributed by atoms with van der Waals surface area (Å²) in [6, 6.07) is 1.47. The zero-order valence-electron chi connectivity index (χ0n) is 11.5. The first-order valence-corrected chi connectivity index (χ1v) is 6.47. The molecule has 3 N–H and O–H groups in total. The summed E-state index contributed by atoms with van der Waals surface area (Å²) in [7, 11) is 0. The van der Waals surface area contributed by atoms with Gasteiger partial charge in [0.25, 0.3) is 0 Å². The van der Waals surface area contributed by atoms with E-state index in [1.807, 2.05) is 0 Å². The quantitative estimate of drug-likeness (QED) is 0.671. The van der Waals surface area contributed by atoms with Crippen molar-refractivity contribution in [2.45, 2.75) is 31.7 Å². The highest BCUT2D eigenvalue weighted by Crippen LogP contribution is 2.12. The number of aliphatic carboxylic acids is 2. The van der Waals surface area contributed by atoms with Gasteiger partial charge >= 0.3 is 11.9 Å². The number of hydrogen-bond acceptors (Lipinski definition) is 3. The predicted molar refractivity (Wildman–Crippen MR) is 71.1 cm³/mol. The van der Waals surface area contributed by atoms with Crippen LogP contribution in [0.25, 0.3) is 0 Å². The van der Waals surface area contributed by atoms with Crippen LogP contribution in [0.1, 0.15) is 24.8 Å². The van der Waals surface area contributed by atoms with E-state index in [9.17, 15) is 23.2 Å². The maximum Gasteiger partial charge on any atom is 0.326 e. The number of benzene rings is 1. The molecular formula is C14H15F2NO5. The Morgan fingerprint density at radius 1 is 1.18 bits per heavy atom. The SMILES string of the molecule is O=C(O)CC(NC(=O)CCCc1cc(F)ccc1F)C(=O)O. The van der Waals surface area contributed by atoms with Crippen LogP contribution in [0.2, 0.25) is 0 Å². The molecular weight excluding hydrogens is 300 g/mol. The van der Waals surface area contributed by atoms with Crippen LogP contribution < -0.4 is 5.32 Å². The standard InChI is InChI=1S/C14H15F2NO5/c15-9-4-5-10(16)8(6-9)2-1-3-12(18)17-11(14(21)22)7-13(19)20/h4-6,11H,1-3,7H2,(H,17,18)(H,19,20)(H,21,22). The van der Waals surface area contributed by atoms with Gasteiger partial charge in [0, 0.05) is 6.42 Å². The van der Waals surface area contributed by atoms with Gasteiger partial charge in [0.05, 0.1) is 6.42 Å². The minimum Gasteiger partial charge on any atom is -0.481 e. The average molecular weight is 315 g/mol. The normalized spacial score (nSPS) is 11.7. The number of carboxylic acid groups (broad SMARTS) is 2. The number of carbonyl (C=O) groups is 3. The number of halogens is 2. The Morgan fingerprint density at radius 3 is 2.45 bits per heavy atom. The molecule has 22 heavy (non-hydrogen) atoms. The highest BCUT2D eigenvalue weighted by Gasteiger charge is 2.22. The van der Waals surface area contributed by atoms with Crippen LogP contribution in [-0.2, 0) is 20.8 Å². The number of carboxylic acids is 2. The molecule has 0 bridgehead atoms. The molecule has 1 amide bonds. The van der Waals surface area contributed by atoms with E-state index in [1.54, 1.807) is 0 Å². The third kappa shape index (κ3) is 5.86. The first-order valence-electron chi connectivity index (χ1n) is 6.47. The molecule has 1 aromatic carbocycles. The molecule has 0 saturated heterocycles. The second-order valence-electron chi connectivity index (χ2n) is 4.65. The number of rotatable bonds is 8. The van der Waals surface area contributed by atoms with Crippen molar-refractivity contribution in [3.63, 3.8) is 0 Å². The van der Waals surface area contributed by atoms with Crippen LogP contribution >= 0.6 is 0 Å². The molecule has 6 nitrogen and oxygen atoms in total. The largest absolute Gasteiger partial charge is 0.481 e. The zero-order valence-corrected chi connectivity index (χ0v) is 11.5. The van der Waals surface area contributed by atoms with Crippen molar-refractivity contribution in [2.75, 3.05) is 0 Å². The lowest BCUT2D eigenvalue weighted by molar-refractivity contribution is -0.147. The number of aryl methyl sites for hydroxylation is 1. The first kappa shape index (κ1) is 17.5. The summed E-state index contributed by atoms with van der Waals surface area (Å²) >= 11 is 0. The molecule has 0 aliphatic rings. The summed E-state index contributed by atoms with van der Waals surface area (Å²) in [4.78, 5) is 32.8. The molecule has 0 heterocycles. The Balaban J connectivity index is 2.47. The maximum atomic E-state index is 13.3. The van der Waals surface area contributed by atoms with Crippen LogP contribution in [0.5, 0.6) is 0 Å². The van der Waals surface area contributed by atoms with Crippen molar-refractivity contribution in [1.82, 2.24) is 5.32 Å². The van der Waals surface area contributed by atoms with E-state index in [1.165, 1.54) is 0 Å². The second kappa shape index (κ2) is 8.06. The van der Waals surface area contributed by atoms with E-state index in [2.05, 4.69) is 5.32 Å². The van der Waals surface area contributed by atoms with Gasteiger partial charge in [-0.2, -0.15) is 0 Å². The van der Waals surface area contributed by atoms with E-state index >= 15 is 0 Å². The van der Waals surface area contributed by atoms with E-state index in [0.717, 1.165) is 18.2 Å². The predicted octanol–water partition coefficient (Wildman–Crippen LogP) is 1.33. The Morgan fingerprint density at radius 2 is 1.86 bits per heavy atom. The fourth-order valence-corrected chi connectivity index (χ4v) is 1.82. The highest BCUT2D eigenvalue weighted by atomic mass is 19.1. The molecule has 1 rings (SSSR count). The van der Waals surface area contributed by atoms with Crippen LogP contribution in [0.3, 0.4) is 0 Å². The molecule has 0 fully saturated rings.